The van der Waals surface area contributed by atoms with Gasteiger partial charge in [-0.15, -0.1) is 0 Å². The lowest BCUT2D eigenvalue weighted by Gasteiger charge is -2.27. The summed E-state index contributed by atoms with van der Waals surface area (Å²) in [6.45, 7) is 7.03. The first-order chi connectivity index (χ1) is 41.4. The normalized spacial score (nSPS) is 13.7. The van der Waals surface area contributed by atoms with Crippen LogP contribution in [0.4, 0.5) is 0 Å². The fraction of sp³-hybridized carbons (Fsp3) is 0.867. The van der Waals surface area contributed by atoms with E-state index in [0.717, 1.165) is 83.5 Å². The van der Waals surface area contributed by atoms with Crippen molar-refractivity contribution in [1.82, 2.24) is 5.32 Å². The Kier molecular flexibility index (Phi) is 63.4. The number of phosphoric acid groups is 1. The molecule has 0 aromatic carbocycles. The number of nitrogens with one attached hydrogen (secondary N) is 1. The van der Waals surface area contributed by atoms with E-state index in [-0.39, 0.29) is 31.5 Å². The van der Waals surface area contributed by atoms with E-state index in [0.29, 0.717) is 17.4 Å². The van der Waals surface area contributed by atoms with Crippen LogP contribution in [0.3, 0.4) is 0 Å². The first-order valence-electron chi connectivity index (χ1n) is 37.0. The zero-order valence-electron chi connectivity index (χ0n) is 57.4. The number of amides is 1. The maximum atomic E-state index is 13.6. The summed E-state index contributed by atoms with van der Waals surface area (Å²) in [5.41, 5.74) is 0. The third kappa shape index (κ3) is 66.2. The van der Waals surface area contributed by atoms with E-state index in [9.17, 15) is 19.0 Å². The second-order valence-corrected chi connectivity index (χ2v) is 27.9. The zero-order valence-corrected chi connectivity index (χ0v) is 58.3. The van der Waals surface area contributed by atoms with Crippen molar-refractivity contribution in [1.29, 1.82) is 0 Å². The van der Waals surface area contributed by atoms with Gasteiger partial charge >= 0.3 is 13.8 Å². The van der Waals surface area contributed by atoms with Crippen molar-refractivity contribution in [3.8, 4) is 0 Å². The number of unbranched alkanes of at least 4 members (excludes halogenated alkanes) is 46. The van der Waals surface area contributed by atoms with E-state index >= 15 is 0 Å². The number of carbonyl (C=O) groups excluding carboxylic acids is 2. The van der Waals surface area contributed by atoms with Gasteiger partial charge in [0.2, 0.25) is 5.91 Å². The Labute approximate surface area is 529 Å². The molecule has 1 amide bonds. The Morgan fingerprint density at radius 3 is 1.09 bits per heavy atom. The van der Waals surface area contributed by atoms with E-state index in [1.165, 1.54) is 250 Å². The molecule has 0 saturated heterocycles. The van der Waals surface area contributed by atoms with Gasteiger partial charge in [0.1, 0.15) is 19.3 Å². The molecule has 0 saturated carbocycles. The average Bonchev–Trinajstić information content (AvgIpc) is 3.63. The highest BCUT2D eigenvalue weighted by atomic mass is 31.2. The molecule has 0 aromatic heterocycles. The zero-order chi connectivity index (χ0) is 62.1. The molecule has 0 aliphatic carbocycles. The molecule has 2 N–H and O–H groups in total. The Morgan fingerprint density at radius 2 is 0.718 bits per heavy atom. The number of rotatable bonds is 68. The van der Waals surface area contributed by atoms with Crippen molar-refractivity contribution < 1.29 is 37.3 Å². The van der Waals surface area contributed by atoms with Gasteiger partial charge in [0, 0.05) is 12.8 Å². The molecule has 0 bridgehead atoms. The van der Waals surface area contributed by atoms with Gasteiger partial charge in [0.15, 0.2) is 0 Å². The summed E-state index contributed by atoms with van der Waals surface area (Å²) in [5, 5.41) is 3.08. The quantitative estimate of drug-likeness (QED) is 0.0205. The second-order valence-electron chi connectivity index (χ2n) is 26.5. The molecule has 9 nitrogen and oxygen atoms in total. The van der Waals surface area contributed by atoms with Crippen molar-refractivity contribution in [2.45, 2.75) is 380 Å². The van der Waals surface area contributed by atoms with Gasteiger partial charge < -0.3 is 19.4 Å². The fourth-order valence-corrected chi connectivity index (χ4v) is 11.8. The molecule has 0 heterocycles. The van der Waals surface area contributed by atoms with E-state index in [2.05, 4.69) is 62.5 Å². The van der Waals surface area contributed by atoms with Crippen LogP contribution in [0.5, 0.6) is 0 Å². The van der Waals surface area contributed by atoms with Gasteiger partial charge in [-0.05, 0) is 70.3 Å². The number of esters is 1. The van der Waals surface area contributed by atoms with E-state index < -0.39 is 20.0 Å². The van der Waals surface area contributed by atoms with Crippen LogP contribution in [0.15, 0.2) is 48.6 Å². The van der Waals surface area contributed by atoms with Crippen molar-refractivity contribution in [3.05, 3.63) is 48.6 Å². The molecular weight excluding hydrogens is 1070 g/mol. The van der Waals surface area contributed by atoms with Crippen LogP contribution in [0, 0.1) is 0 Å². The Balaban J connectivity index is 4.94. The monoisotopic (exact) mass is 1220 g/mol. The van der Waals surface area contributed by atoms with Crippen LogP contribution in [0.1, 0.15) is 367 Å². The lowest BCUT2D eigenvalue weighted by atomic mass is 10.0. The minimum absolute atomic E-state index is 0.0405. The molecule has 85 heavy (non-hydrogen) atoms. The van der Waals surface area contributed by atoms with Crippen LogP contribution < -0.4 is 5.32 Å². The maximum Gasteiger partial charge on any atom is 0.472 e. The summed E-state index contributed by atoms with van der Waals surface area (Å²) in [6.07, 6.45) is 82.8. The van der Waals surface area contributed by atoms with Gasteiger partial charge in [0.05, 0.1) is 33.8 Å². The molecule has 0 fully saturated rings. The molecular formula is C75H144N2O7P+. The van der Waals surface area contributed by atoms with Crippen LogP contribution in [-0.4, -0.2) is 74.3 Å². The van der Waals surface area contributed by atoms with Crippen LogP contribution in [0.25, 0.3) is 0 Å². The van der Waals surface area contributed by atoms with Crippen molar-refractivity contribution in [2.24, 2.45) is 0 Å². The second kappa shape index (κ2) is 64.9. The molecule has 0 spiro atoms. The summed E-state index contributed by atoms with van der Waals surface area (Å²) in [6, 6.07) is -0.850. The van der Waals surface area contributed by atoms with Crippen molar-refractivity contribution in [2.75, 3.05) is 40.9 Å². The lowest BCUT2D eigenvalue weighted by Crippen LogP contribution is -2.47. The average molecular weight is 1220 g/mol. The molecule has 3 unspecified atom stereocenters. The smallest absolute Gasteiger partial charge is 0.456 e. The molecule has 0 radical (unpaired) electrons. The highest BCUT2D eigenvalue weighted by Gasteiger charge is 2.30. The first-order valence-corrected chi connectivity index (χ1v) is 38.5. The number of hydrogen-bond acceptors (Lipinski definition) is 6. The number of phosphoric ester groups is 1. The van der Waals surface area contributed by atoms with E-state index in [4.69, 9.17) is 13.8 Å². The minimum atomic E-state index is -4.45. The van der Waals surface area contributed by atoms with Crippen LogP contribution in [0.2, 0.25) is 0 Å². The summed E-state index contributed by atoms with van der Waals surface area (Å²) < 4.78 is 30.8. The minimum Gasteiger partial charge on any atom is -0.456 e. The lowest BCUT2D eigenvalue weighted by molar-refractivity contribution is -0.870. The summed E-state index contributed by atoms with van der Waals surface area (Å²) in [7, 11) is 1.51. The van der Waals surface area contributed by atoms with Gasteiger partial charge in [-0.2, -0.15) is 0 Å². The number of allylic oxidation sites excluding steroid dienone is 7. The van der Waals surface area contributed by atoms with Gasteiger partial charge in [-0.1, -0.05) is 333 Å². The summed E-state index contributed by atoms with van der Waals surface area (Å²) >= 11 is 0. The Morgan fingerprint density at radius 1 is 0.412 bits per heavy atom. The first kappa shape index (κ1) is 83.0. The Hall–Kier alpha value is -2.03. The van der Waals surface area contributed by atoms with Gasteiger partial charge in [-0.25, -0.2) is 4.57 Å². The molecule has 10 heteroatoms. The number of ether oxygens (including phenoxy) is 1. The molecule has 500 valence electrons. The van der Waals surface area contributed by atoms with Crippen molar-refractivity contribution >= 4 is 19.7 Å². The van der Waals surface area contributed by atoms with Crippen LogP contribution >= 0.6 is 7.82 Å². The number of carbonyl (C=O) groups is 2. The number of likely N-dealkylation sites (N-methyl/N-ethyl adjacent to an activating group) is 1. The predicted octanol–water partition coefficient (Wildman–Crippen LogP) is 23.6. The number of hydrogen-bond donors (Lipinski definition) is 2. The van der Waals surface area contributed by atoms with E-state index in [1.54, 1.807) is 0 Å². The highest BCUT2D eigenvalue weighted by Crippen LogP contribution is 2.43. The third-order valence-electron chi connectivity index (χ3n) is 16.8. The number of nitrogens with zero attached hydrogens (tertiary/aromatic N) is 1. The van der Waals surface area contributed by atoms with Crippen LogP contribution in [-0.2, 0) is 27.9 Å². The number of quaternary nitrogens is 1. The molecule has 0 rings (SSSR count). The third-order valence-corrected chi connectivity index (χ3v) is 17.8. The molecule has 0 aliphatic rings. The maximum absolute atomic E-state index is 13.6. The summed E-state index contributed by atoms with van der Waals surface area (Å²) in [5.74, 6) is -0.497. The molecule has 3 atom stereocenters. The Bertz CT molecular complexity index is 1590. The standard InChI is InChI=1S/C75H143N2O7P/c1-7-10-13-16-19-22-25-27-29-31-33-35-36-37-38-39-40-42-43-45-47-49-52-55-58-61-64-67-74(78)76-72(71-83-85(80,81)82-70-69-77(4,5)6)73(66-63-60-57-54-51-24-21-18-15-12-9-3)84-75(79)68-65-62-59-56-53-50-48-46-44-41-34-32-30-28-26-23-20-17-14-11-8-2/h20,23,28,30,34,41,63,66,72-73H,7-19,21-22,24-27,29,31-33,35-40,42-62,64-65,67-71H2,1-6H3,(H-,76,78,80,81)/p+1/b23-20-,30-28-,41-34-,66-63+. The fourth-order valence-electron chi connectivity index (χ4n) is 11.1. The largest absolute Gasteiger partial charge is 0.472 e. The van der Waals surface area contributed by atoms with E-state index in [1.807, 2.05) is 33.3 Å². The van der Waals surface area contributed by atoms with Gasteiger partial charge in [0.25, 0.3) is 0 Å². The summed E-state index contributed by atoms with van der Waals surface area (Å²) in [4.78, 5) is 37.9. The topological polar surface area (TPSA) is 111 Å². The predicted molar refractivity (Wildman–Crippen MR) is 369 cm³/mol. The SMILES string of the molecule is CCCCC/C=C\C/C=C\C/C=C\CCCCCCCCCCC(=O)OC(/C=C/CCCCCCCCCCC)C(COP(=O)(O)OCC[N+](C)(C)C)NC(=O)CCCCCCCCCCCCCCCCCCCCCCCCCCCCC. The molecule has 0 aromatic rings. The molecule has 0 aliphatic heterocycles. The van der Waals surface area contributed by atoms with Crippen molar-refractivity contribution in [3.63, 3.8) is 0 Å². The highest BCUT2D eigenvalue weighted by molar-refractivity contribution is 7.47. The van der Waals surface area contributed by atoms with Gasteiger partial charge in [-0.3, -0.25) is 18.6 Å².